The Morgan fingerprint density at radius 3 is 3.06 bits per heavy atom. The van der Waals surface area contributed by atoms with Crippen molar-refractivity contribution in [2.75, 3.05) is 0 Å². The van der Waals surface area contributed by atoms with Crippen molar-refractivity contribution in [1.82, 2.24) is 14.9 Å². The number of nitrogens with zero attached hydrogens (tertiary/aromatic N) is 2. The van der Waals surface area contributed by atoms with E-state index in [9.17, 15) is 0 Å². The van der Waals surface area contributed by atoms with E-state index in [2.05, 4.69) is 14.9 Å². The summed E-state index contributed by atoms with van der Waals surface area (Å²) in [7, 11) is 0. The first kappa shape index (κ1) is 11.1. The molecule has 2 aromatic rings. The minimum atomic E-state index is 0.698. The zero-order valence-electron chi connectivity index (χ0n) is 9.19. The summed E-state index contributed by atoms with van der Waals surface area (Å²) in [4.78, 5) is 1.18. The fraction of sp³-hybridized carbons (Fsp3) is 0.333. The van der Waals surface area contributed by atoms with Crippen LogP contribution in [0, 0.1) is 0 Å². The minimum Gasteiger partial charge on any atom is -0.309 e. The molecule has 3 rings (SSSR count). The zero-order chi connectivity index (χ0) is 11.7. The Morgan fingerprint density at radius 1 is 1.41 bits per heavy atom. The lowest BCUT2D eigenvalue weighted by molar-refractivity contribution is 0.695. The minimum absolute atomic E-state index is 0.698. The lowest BCUT2D eigenvalue weighted by Gasteiger charge is -2.03. The molecule has 1 saturated carbocycles. The Bertz CT molecular complexity index is 522. The SMILES string of the molecule is Clc1cccc(-c2nnsc2CNC2CC2)c1. The molecule has 88 valence electrons. The lowest BCUT2D eigenvalue weighted by atomic mass is 10.1. The Morgan fingerprint density at radius 2 is 2.29 bits per heavy atom. The highest BCUT2D eigenvalue weighted by atomic mass is 35.5. The number of hydrogen-bond acceptors (Lipinski definition) is 4. The molecule has 3 nitrogen and oxygen atoms in total. The van der Waals surface area contributed by atoms with Crippen molar-refractivity contribution in [2.24, 2.45) is 0 Å². The van der Waals surface area contributed by atoms with Gasteiger partial charge in [0.1, 0.15) is 5.69 Å². The molecule has 1 aromatic heterocycles. The van der Waals surface area contributed by atoms with E-state index in [-0.39, 0.29) is 0 Å². The maximum Gasteiger partial charge on any atom is 0.110 e. The van der Waals surface area contributed by atoms with Gasteiger partial charge in [-0.3, -0.25) is 0 Å². The van der Waals surface area contributed by atoms with Crippen LogP contribution in [-0.2, 0) is 6.54 Å². The van der Waals surface area contributed by atoms with E-state index in [1.165, 1.54) is 29.3 Å². The third kappa shape index (κ3) is 2.65. The maximum atomic E-state index is 5.99. The third-order valence-electron chi connectivity index (χ3n) is 2.78. The molecule has 1 aliphatic rings. The predicted molar refractivity (Wildman–Crippen MR) is 70.2 cm³/mol. The highest BCUT2D eigenvalue weighted by molar-refractivity contribution is 7.05. The van der Waals surface area contributed by atoms with Gasteiger partial charge in [-0.05, 0) is 36.5 Å². The standard InChI is InChI=1S/C12H12ClN3S/c13-9-3-1-2-8(6-9)12-11(17-16-15-12)7-14-10-4-5-10/h1-3,6,10,14H,4-5,7H2. The van der Waals surface area contributed by atoms with Gasteiger partial charge >= 0.3 is 0 Å². The van der Waals surface area contributed by atoms with Crippen LogP contribution in [0.5, 0.6) is 0 Å². The summed E-state index contributed by atoms with van der Waals surface area (Å²) in [5.41, 5.74) is 1.99. The molecular weight excluding hydrogens is 254 g/mol. The second-order valence-corrected chi connectivity index (χ2v) is 5.49. The number of aromatic nitrogens is 2. The molecule has 17 heavy (non-hydrogen) atoms. The van der Waals surface area contributed by atoms with Gasteiger partial charge in [0.15, 0.2) is 0 Å². The molecule has 1 fully saturated rings. The molecule has 0 unspecified atom stereocenters. The maximum absolute atomic E-state index is 5.99. The van der Waals surface area contributed by atoms with Gasteiger partial charge in [-0.15, -0.1) is 5.10 Å². The van der Waals surface area contributed by atoms with Crippen molar-refractivity contribution in [3.05, 3.63) is 34.2 Å². The zero-order valence-corrected chi connectivity index (χ0v) is 10.8. The number of nitrogens with one attached hydrogen (secondary N) is 1. The molecule has 0 atom stereocenters. The van der Waals surface area contributed by atoms with E-state index in [1.54, 1.807) is 0 Å². The summed E-state index contributed by atoms with van der Waals surface area (Å²) in [6.07, 6.45) is 2.58. The van der Waals surface area contributed by atoms with Gasteiger partial charge in [-0.25, -0.2) is 0 Å². The monoisotopic (exact) mass is 265 g/mol. The van der Waals surface area contributed by atoms with Gasteiger partial charge in [0.25, 0.3) is 0 Å². The van der Waals surface area contributed by atoms with Crippen LogP contribution in [0.3, 0.4) is 0 Å². The van der Waals surface area contributed by atoms with E-state index in [1.807, 2.05) is 24.3 Å². The Labute approximate surface area is 109 Å². The van der Waals surface area contributed by atoms with Crippen LogP contribution in [-0.4, -0.2) is 15.6 Å². The van der Waals surface area contributed by atoms with Crippen LogP contribution in [0.1, 0.15) is 17.7 Å². The molecule has 0 saturated heterocycles. The number of hydrogen-bond donors (Lipinski definition) is 1. The summed E-state index contributed by atoms with van der Waals surface area (Å²) in [5.74, 6) is 0. The van der Waals surface area contributed by atoms with E-state index < -0.39 is 0 Å². The Kier molecular flexibility index (Phi) is 3.09. The number of benzene rings is 1. The Balaban J connectivity index is 1.83. The van der Waals surface area contributed by atoms with Crippen LogP contribution in [0.25, 0.3) is 11.3 Å². The van der Waals surface area contributed by atoms with Crippen LogP contribution < -0.4 is 5.32 Å². The van der Waals surface area contributed by atoms with Gasteiger partial charge in [-0.2, -0.15) is 0 Å². The fourth-order valence-corrected chi connectivity index (χ4v) is 2.51. The first-order chi connectivity index (χ1) is 8.33. The summed E-state index contributed by atoms with van der Waals surface area (Å²) < 4.78 is 4.04. The molecule has 0 aliphatic heterocycles. The normalized spacial score (nSPS) is 15.1. The summed E-state index contributed by atoms with van der Waals surface area (Å²) in [6, 6.07) is 8.45. The van der Waals surface area contributed by atoms with E-state index in [4.69, 9.17) is 11.6 Å². The molecule has 1 N–H and O–H groups in total. The first-order valence-corrected chi connectivity index (χ1v) is 6.78. The molecule has 1 heterocycles. The number of halogens is 1. The van der Waals surface area contributed by atoms with Crippen molar-refractivity contribution in [3.63, 3.8) is 0 Å². The quantitative estimate of drug-likeness (QED) is 0.923. The van der Waals surface area contributed by atoms with Crippen LogP contribution in [0.4, 0.5) is 0 Å². The van der Waals surface area contributed by atoms with Crippen molar-refractivity contribution in [2.45, 2.75) is 25.4 Å². The van der Waals surface area contributed by atoms with Crippen LogP contribution in [0.2, 0.25) is 5.02 Å². The molecule has 0 radical (unpaired) electrons. The second kappa shape index (κ2) is 4.72. The Hall–Kier alpha value is -0.970. The molecule has 1 aliphatic carbocycles. The fourth-order valence-electron chi connectivity index (χ4n) is 1.70. The van der Waals surface area contributed by atoms with Crippen LogP contribution in [0.15, 0.2) is 24.3 Å². The van der Waals surface area contributed by atoms with E-state index in [0.29, 0.717) is 6.04 Å². The average Bonchev–Trinajstić information content (AvgIpc) is 3.04. The third-order valence-corrected chi connectivity index (χ3v) is 3.74. The molecule has 1 aromatic carbocycles. The van der Waals surface area contributed by atoms with Gasteiger partial charge < -0.3 is 5.32 Å². The highest BCUT2D eigenvalue weighted by Crippen LogP contribution is 2.27. The summed E-state index contributed by atoms with van der Waals surface area (Å²) in [6.45, 7) is 0.851. The van der Waals surface area contributed by atoms with Crippen molar-refractivity contribution in [3.8, 4) is 11.3 Å². The number of rotatable bonds is 4. The van der Waals surface area contributed by atoms with Crippen molar-refractivity contribution < 1.29 is 0 Å². The van der Waals surface area contributed by atoms with Gasteiger partial charge in [0, 0.05) is 23.2 Å². The van der Waals surface area contributed by atoms with Crippen molar-refractivity contribution in [1.29, 1.82) is 0 Å². The van der Waals surface area contributed by atoms with E-state index >= 15 is 0 Å². The molecule has 0 amide bonds. The lowest BCUT2D eigenvalue weighted by Crippen LogP contribution is -2.14. The topological polar surface area (TPSA) is 37.8 Å². The largest absolute Gasteiger partial charge is 0.309 e. The second-order valence-electron chi connectivity index (χ2n) is 4.21. The molecular formula is C12H12ClN3S. The van der Waals surface area contributed by atoms with Gasteiger partial charge in [0.2, 0.25) is 0 Å². The van der Waals surface area contributed by atoms with Crippen LogP contribution >= 0.6 is 23.1 Å². The van der Waals surface area contributed by atoms with Gasteiger partial charge in [0.05, 0.1) is 4.88 Å². The predicted octanol–water partition coefficient (Wildman–Crippen LogP) is 3.11. The smallest absolute Gasteiger partial charge is 0.110 e. The summed E-state index contributed by atoms with van der Waals surface area (Å²) >= 11 is 7.44. The van der Waals surface area contributed by atoms with Gasteiger partial charge in [-0.1, -0.05) is 28.2 Å². The summed E-state index contributed by atoms with van der Waals surface area (Å²) in [5, 5.41) is 8.41. The highest BCUT2D eigenvalue weighted by Gasteiger charge is 2.21. The average molecular weight is 266 g/mol. The van der Waals surface area contributed by atoms with Crippen molar-refractivity contribution >= 4 is 23.1 Å². The van der Waals surface area contributed by atoms with E-state index in [0.717, 1.165) is 22.8 Å². The molecule has 0 bridgehead atoms. The first-order valence-electron chi connectivity index (χ1n) is 5.63. The molecule has 5 heteroatoms. The molecule has 0 spiro atoms.